The number of aromatic nitrogens is 1. The highest BCUT2D eigenvalue weighted by atomic mass is 32.2. The minimum absolute atomic E-state index is 0.0701. The van der Waals surface area contributed by atoms with Crippen molar-refractivity contribution in [3.63, 3.8) is 0 Å². The number of hydrazone groups is 1. The lowest BCUT2D eigenvalue weighted by Gasteiger charge is -2.07. The molecular formula is C25H24N4O4S. The van der Waals surface area contributed by atoms with Crippen LogP contribution >= 0.6 is 0 Å². The van der Waals surface area contributed by atoms with E-state index in [-0.39, 0.29) is 17.3 Å². The number of nitrogens with one attached hydrogen (secondary N) is 2. The minimum atomic E-state index is -3.80. The molecule has 0 saturated carbocycles. The Morgan fingerprint density at radius 3 is 2.50 bits per heavy atom. The van der Waals surface area contributed by atoms with Crippen molar-refractivity contribution < 1.29 is 17.9 Å². The van der Waals surface area contributed by atoms with E-state index in [1.807, 2.05) is 49.4 Å². The molecule has 0 aliphatic carbocycles. The Kier molecular flexibility index (Phi) is 6.65. The number of aryl methyl sites for hydroxylation is 1. The molecule has 9 heteroatoms. The molecule has 1 amide bonds. The maximum Gasteiger partial charge on any atom is 0.276 e. The third kappa shape index (κ3) is 5.26. The van der Waals surface area contributed by atoms with Gasteiger partial charge in [0.2, 0.25) is 5.91 Å². The average molecular weight is 477 g/mol. The van der Waals surface area contributed by atoms with Crippen molar-refractivity contribution in [2.24, 2.45) is 5.10 Å². The fourth-order valence-electron chi connectivity index (χ4n) is 3.48. The highest BCUT2D eigenvalue weighted by Crippen LogP contribution is 2.25. The fourth-order valence-corrected chi connectivity index (χ4v) is 4.27. The number of methoxy groups -OCH3 is 1. The quantitative estimate of drug-likeness (QED) is 0.297. The van der Waals surface area contributed by atoms with E-state index < -0.39 is 10.0 Å². The summed E-state index contributed by atoms with van der Waals surface area (Å²) in [5, 5.41) is 7.59. The fraction of sp³-hybridized carbons (Fsp3) is 0.120. The summed E-state index contributed by atoms with van der Waals surface area (Å²) in [6.07, 6.45) is 3.16. The molecule has 0 spiro atoms. The number of amides is 1. The zero-order valence-corrected chi connectivity index (χ0v) is 19.5. The molecule has 0 aliphatic heterocycles. The SMILES string of the molecule is COc1ccc2c(c1)c(/C=N\NS(=O)(=O)c1ccc(C)cc1)cn2CC(=O)Nc1ccccc1. The lowest BCUT2D eigenvalue weighted by Crippen LogP contribution is -2.18. The highest BCUT2D eigenvalue weighted by molar-refractivity contribution is 7.89. The number of carbonyl (C=O) groups excluding carboxylic acids is 1. The predicted molar refractivity (Wildman–Crippen MR) is 133 cm³/mol. The smallest absolute Gasteiger partial charge is 0.276 e. The maximum absolute atomic E-state index is 12.6. The first kappa shape index (κ1) is 23.1. The molecule has 34 heavy (non-hydrogen) atoms. The summed E-state index contributed by atoms with van der Waals surface area (Å²) in [4.78, 5) is 15.0. The summed E-state index contributed by atoms with van der Waals surface area (Å²) < 4.78 is 32.1. The molecular weight excluding hydrogens is 452 g/mol. The number of para-hydroxylation sites is 1. The molecule has 0 bridgehead atoms. The third-order valence-electron chi connectivity index (χ3n) is 5.20. The topological polar surface area (TPSA) is 102 Å². The van der Waals surface area contributed by atoms with Gasteiger partial charge in [-0.1, -0.05) is 35.9 Å². The van der Waals surface area contributed by atoms with Crippen molar-refractivity contribution in [3.05, 3.63) is 90.1 Å². The van der Waals surface area contributed by atoms with Crippen LogP contribution in [0.4, 0.5) is 5.69 Å². The van der Waals surface area contributed by atoms with E-state index in [1.54, 1.807) is 36.1 Å². The van der Waals surface area contributed by atoms with Crippen LogP contribution in [0.15, 0.2) is 89.0 Å². The average Bonchev–Trinajstić information content (AvgIpc) is 3.16. The van der Waals surface area contributed by atoms with Gasteiger partial charge in [-0.15, -0.1) is 0 Å². The second kappa shape index (κ2) is 9.80. The van der Waals surface area contributed by atoms with Gasteiger partial charge in [0.1, 0.15) is 12.3 Å². The molecule has 0 unspecified atom stereocenters. The summed E-state index contributed by atoms with van der Waals surface area (Å²) in [6, 6.07) is 21.1. The monoisotopic (exact) mass is 476 g/mol. The van der Waals surface area contributed by atoms with Gasteiger partial charge >= 0.3 is 0 Å². The number of ether oxygens (including phenoxy) is 1. The van der Waals surface area contributed by atoms with E-state index in [0.29, 0.717) is 17.0 Å². The molecule has 0 fully saturated rings. The number of fused-ring (bicyclic) bond motifs is 1. The van der Waals surface area contributed by atoms with Gasteiger partial charge in [0.25, 0.3) is 10.0 Å². The Labute approximate surface area is 197 Å². The summed E-state index contributed by atoms with van der Waals surface area (Å²) in [5.74, 6) is 0.441. The van der Waals surface area contributed by atoms with Gasteiger partial charge in [0, 0.05) is 28.4 Å². The van der Waals surface area contributed by atoms with Crippen LogP contribution in [0.3, 0.4) is 0 Å². The van der Waals surface area contributed by atoms with Crippen molar-refractivity contribution in [3.8, 4) is 5.75 Å². The first-order valence-electron chi connectivity index (χ1n) is 10.5. The van der Waals surface area contributed by atoms with E-state index in [4.69, 9.17) is 4.74 Å². The van der Waals surface area contributed by atoms with Gasteiger partial charge in [-0.05, 0) is 49.4 Å². The van der Waals surface area contributed by atoms with Gasteiger partial charge < -0.3 is 14.6 Å². The predicted octanol–water partition coefficient (Wildman–Crippen LogP) is 3.91. The largest absolute Gasteiger partial charge is 0.497 e. The van der Waals surface area contributed by atoms with Crippen LogP contribution in [0.2, 0.25) is 0 Å². The standard InChI is InChI=1S/C25H24N4O4S/c1-18-8-11-22(12-9-18)34(31,32)28-26-15-19-16-29(24-13-10-21(33-2)14-23(19)24)17-25(30)27-20-6-4-3-5-7-20/h3-16,28H,17H2,1-2H3,(H,27,30)/b26-15-. The lowest BCUT2D eigenvalue weighted by molar-refractivity contribution is -0.116. The number of sulfonamides is 1. The van der Waals surface area contributed by atoms with Crippen molar-refractivity contribution in [2.75, 3.05) is 12.4 Å². The van der Waals surface area contributed by atoms with Gasteiger partial charge in [0.05, 0.1) is 18.2 Å². The van der Waals surface area contributed by atoms with E-state index in [1.165, 1.54) is 18.3 Å². The molecule has 0 aliphatic rings. The maximum atomic E-state index is 12.6. The van der Waals surface area contributed by atoms with Crippen LogP contribution in [0.5, 0.6) is 5.75 Å². The molecule has 2 N–H and O–H groups in total. The van der Waals surface area contributed by atoms with Crippen molar-refractivity contribution in [1.29, 1.82) is 0 Å². The van der Waals surface area contributed by atoms with Crippen LogP contribution in [-0.4, -0.2) is 32.2 Å². The van der Waals surface area contributed by atoms with Crippen molar-refractivity contribution >= 4 is 38.7 Å². The second-order valence-electron chi connectivity index (χ2n) is 7.68. The van der Waals surface area contributed by atoms with Crippen molar-refractivity contribution in [2.45, 2.75) is 18.4 Å². The van der Waals surface area contributed by atoms with Gasteiger partial charge in [-0.3, -0.25) is 4.79 Å². The number of anilines is 1. The number of hydrogen-bond acceptors (Lipinski definition) is 5. The Hall–Kier alpha value is -4.11. The molecule has 0 saturated heterocycles. The van der Waals surface area contributed by atoms with Gasteiger partial charge in [0.15, 0.2) is 0 Å². The zero-order chi connectivity index (χ0) is 24.1. The van der Waals surface area contributed by atoms with Gasteiger partial charge in [-0.25, -0.2) is 4.83 Å². The molecule has 3 aromatic carbocycles. The molecule has 4 rings (SSSR count). The summed E-state index contributed by atoms with van der Waals surface area (Å²) in [6.45, 7) is 1.95. The summed E-state index contributed by atoms with van der Waals surface area (Å²) in [7, 11) is -2.24. The molecule has 0 radical (unpaired) electrons. The first-order chi connectivity index (χ1) is 16.4. The van der Waals surface area contributed by atoms with E-state index in [9.17, 15) is 13.2 Å². The Balaban J connectivity index is 1.59. The zero-order valence-electron chi connectivity index (χ0n) is 18.7. The first-order valence-corrected chi connectivity index (χ1v) is 12.0. The normalized spacial score (nSPS) is 11.6. The second-order valence-corrected chi connectivity index (χ2v) is 9.34. The van der Waals surface area contributed by atoms with Gasteiger partial charge in [-0.2, -0.15) is 13.5 Å². The van der Waals surface area contributed by atoms with Crippen LogP contribution in [-0.2, 0) is 21.4 Å². The van der Waals surface area contributed by atoms with E-state index in [0.717, 1.165) is 16.5 Å². The molecule has 1 aromatic heterocycles. The third-order valence-corrected chi connectivity index (χ3v) is 6.44. The molecule has 0 atom stereocenters. The van der Waals surface area contributed by atoms with Crippen LogP contribution in [0.25, 0.3) is 10.9 Å². The number of rotatable bonds is 8. The Morgan fingerprint density at radius 1 is 1.06 bits per heavy atom. The molecule has 1 heterocycles. The lowest BCUT2D eigenvalue weighted by atomic mass is 10.2. The molecule has 174 valence electrons. The van der Waals surface area contributed by atoms with Crippen LogP contribution in [0.1, 0.15) is 11.1 Å². The number of hydrogen-bond donors (Lipinski definition) is 2. The Morgan fingerprint density at radius 2 is 1.79 bits per heavy atom. The van der Waals surface area contributed by atoms with Crippen molar-refractivity contribution in [1.82, 2.24) is 9.40 Å². The summed E-state index contributed by atoms with van der Waals surface area (Å²) in [5.41, 5.74) is 3.08. The number of carbonyl (C=O) groups is 1. The summed E-state index contributed by atoms with van der Waals surface area (Å²) >= 11 is 0. The van der Waals surface area contributed by atoms with E-state index in [2.05, 4.69) is 15.2 Å². The number of benzene rings is 3. The number of nitrogens with zero attached hydrogens (tertiary/aromatic N) is 2. The van der Waals surface area contributed by atoms with Crippen LogP contribution in [0, 0.1) is 6.92 Å². The molecule has 8 nitrogen and oxygen atoms in total. The molecule has 4 aromatic rings. The Bertz CT molecular complexity index is 1440. The highest BCUT2D eigenvalue weighted by Gasteiger charge is 2.14. The van der Waals surface area contributed by atoms with E-state index >= 15 is 0 Å². The van der Waals surface area contributed by atoms with Crippen LogP contribution < -0.4 is 14.9 Å². The minimum Gasteiger partial charge on any atom is -0.497 e.